The van der Waals surface area contributed by atoms with Gasteiger partial charge in [-0.3, -0.25) is 4.90 Å². The summed E-state index contributed by atoms with van der Waals surface area (Å²) in [6, 6.07) is 0. The van der Waals surface area contributed by atoms with Gasteiger partial charge in [0.25, 0.3) is 0 Å². The van der Waals surface area contributed by atoms with Crippen LogP contribution in [-0.4, -0.2) is 55.2 Å². The molecule has 1 aliphatic heterocycles. The summed E-state index contributed by atoms with van der Waals surface area (Å²) in [5.74, 6) is 0. The van der Waals surface area contributed by atoms with Crippen LogP contribution in [-0.2, 0) is 4.74 Å². The molecule has 0 spiro atoms. The molecular weight excluding hydrogens is 264 g/mol. The largest absolute Gasteiger partial charge is 0.450 e. The van der Waals surface area contributed by atoms with Gasteiger partial charge in [0, 0.05) is 26.2 Å². The third-order valence-electron chi connectivity index (χ3n) is 3.88. The van der Waals surface area contributed by atoms with E-state index in [-0.39, 0.29) is 6.09 Å². The second kappa shape index (κ2) is 10.7. The number of rotatable bonds is 8. The Kier molecular flexibility index (Phi) is 9.15. The van der Waals surface area contributed by atoms with Gasteiger partial charge in [0.05, 0.1) is 6.61 Å². The molecule has 0 aromatic rings. The molecule has 4 nitrogen and oxygen atoms in total. The molecule has 1 heterocycles. The van der Waals surface area contributed by atoms with E-state index in [1.54, 1.807) is 0 Å². The number of ether oxygens (including phenoxy) is 1. The minimum absolute atomic E-state index is 0.156. The molecule has 0 aromatic carbocycles. The van der Waals surface area contributed by atoms with Gasteiger partial charge >= 0.3 is 6.09 Å². The van der Waals surface area contributed by atoms with Crippen LogP contribution in [0.15, 0.2) is 11.6 Å². The maximum Gasteiger partial charge on any atom is 0.409 e. The summed E-state index contributed by atoms with van der Waals surface area (Å²) >= 11 is 0. The van der Waals surface area contributed by atoms with Gasteiger partial charge in [0.1, 0.15) is 0 Å². The number of carbonyl (C=O) groups is 1. The van der Waals surface area contributed by atoms with E-state index in [2.05, 4.69) is 24.8 Å². The number of carbonyl (C=O) groups excluding carboxylic acids is 1. The molecule has 1 aliphatic rings. The van der Waals surface area contributed by atoms with Crippen LogP contribution in [0.4, 0.5) is 4.79 Å². The highest BCUT2D eigenvalue weighted by Crippen LogP contribution is 2.09. The molecule has 0 aliphatic carbocycles. The molecule has 21 heavy (non-hydrogen) atoms. The Morgan fingerprint density at radius 1 is 1.05 bits per heavy atom. The first-order valence-electron chi connectivity index (χ1n) is 8.41. The van der Waals surface area contributed by atoms with E-state index in [1.807, 2.05) is 11.8 Å². The fourth-order valence-electron chi connectivity index (χ4n) is 2.59. The summed E-state index contributed by atoms with van der Waals surface area (Å²) in [6.45, 7) is 11.4. The maximum atomic E-state index is 11.6. The van der Waals surface area contributed by atoms with Crippen molar-refractivity contribution in [3.63, 3.8) is 0 Å². The molecule has 1 rings (SSSR count). The molecule has 1 fully saturated rings. The van der Waals surface area contributed by atoms with Crippen LogP contribution in [0.5, 0.6) is 0 Å². The van der Waals surface area contributed by atoms with E-state index in [0.29, 0.717) is 6.61 Å². The minimum Gasteiger partial charge on any atom is -0.450 e. The molecule has 0 saturated carbocycles. The van der Waals surface area contributed by atoms with Gasteiger partial charge in [0.15, 0.2) is 0 Å². The predicted molar refractivity (Wildman–Crippen MR) is 87.6 cm³/mol. The standard InChI is InChI=1S/C17H32N2O2/c1-4-21-17(20)19-14-12-18(13-15-19)11-9-7-5-6-8-10-16(2)3/h10H,4-9,11-15H2,1-3H3. The van der Waals surface area contributed by atoms with E-state index >= 15 is 0 Å². The Morgan fingerprint density at radius 3 is 2.33 bits per heavy atom. The van der Waals surface area contributed by atoms with Crippen molar-refractivity contribution in [2.45, 2.75) is 52.9 Å². The van der Waals surface area contributed by atoms with Crippen LogP contribution in [0.3, 0.4) is 0 Å². The lowest BCUT2D eigenvalue weighted by atomic mass is 10.1. The van der Waals surface area contributed by atoms with Crippen LogP contribution in [0.1, 0.15) is 52.9 Å². The van der Waals surface area contributed by atoms with Gasteiger partial charge in [-0.05, 0) is 46.6 Å². The van der Waals surface area contributed by atoms with Crippen molar-refractivity contribution >= 4 is 6.09 Å². The summed E-state index contributed by atoms with van der Waals surface area (Å²) < 4.78 is 5.03. The summed E-state index contributed by atoms with van der Waals surface area (Å²) in [7, 11) is 0. The van der Waals surface area contributed by atoms with Crippen molar-refractivity contribution < 1.29 is 9.53 Å². The van der Waals surface area contributed by atoms with Crippen LogP contribution in [0.25, 0.3) is 0 Å². The topological polar surface area (TPSA) is 32.8 Å². The van der Waals surface area contributed by atoms with Gasteiger partial charge in [-0.2, -0.15) is 0 Å². The molecular formula is C17H32N2O2. The van der Waals surface area contributed by atoms with Gasteiger partial charge in [-0.15, -0.1) is 0 Å². The smallest absolute Gasteiger partial charge is 0.409 e. The van der Waals surface area contributed by atoms with Crippen molar-refractivity contribution in [3.05, 3.63) is 11.6 Å². The van der Waals surface area contributed by atoms with E-state index in [0.717, 1.165) is 26.2 Å². The Morgan fingerprint density at radius 2 is 1.71 bits per heavy atom. The van der Waals surface area contributed by atoms with Gasteiger partial charge < -0.3 is 9.64 Å². The number of hydrogen-bond donors (Lipinski definition) is 0. The van der Waals surface area contributed by atoms with E-state index in [9.17, 15) is 4.79 Å². The van der Waals surface area contributed by atoms with Crippen LogP contribution < -0.4 is 0 Å². The molecule has 1 amide bonds. The Balaban J connectivity index is 2.01. The summed E-state index contributed by atoms with van der Waals surface area (Å²) in [4.78, 5) is 15.9. The second-order valence-electron chi connectivity index (χ2n) is 6.01. The van der Waals surface area contributed by atoms with Gasteiger partial charge in [0.2, 0.25) is 0 Å². The highest BCUT2D eigenvalue weighted by molar-refractivity contribution is 5.67. The van der Waals surface area contributed by atoms with Crippen molar-refractivity contribution in [2.24, 2.45) is 0 Å². The highest BCUT2D eigenvalue weighted by Gasteiger charge is 2.21. The van der Waals surface area contributed by atoms with Crippen LogP contribution >= 0.6 is 0 Å². The molecule has 122 valence electrons. The third-order valence-corrected chi connectivity index (χ3v) is 3.88. The molecule has 0 atom stereocenters. The minimum atomic E-state index is -0.156. The summed E-state index contributed by atoms with van der Waals surface area (Å²) in [5.41, 5.74) is 1.43. The van der Waals surface area contributed by atoms with E-state index < -0.39 is 0 Å². The van der Waals surface area contributed by atoms with E-state index in [1.165, 1.54) is 44.2 Å². The lowest BCUT2D eigenvalue weighted by Gasteiger charge is -2.34. The number of allylic oxidation sites excluding steroid dienone is 2. The molecule has 0 radical (unpaired) electrons. The van der Waals surface area contributed by atoms with Gasteiger partial charge in [-0.25, -0.2) is 4.79 Å². The first kappa shape index (κ1) is 18.0. The normalized spacial score (nSPS) is 15.9. The zero-order valence-corrected chi connectivity index (χ0v) is 14.1. The summed E-state index contributed by atoms with van der Waals surface area (Å²) in [6.07, 6.45) is 8.61. The van der Waals surface area contributed by atoms with Crippen LogP contribution in [0.2, 0.25) is 0 Å². The number of amides is 1. The number of nitrogens with zero attached hydrogens (tertiary/aromatic N) is 2. The maximum absolute atomic E-state index is 11.6. The SMILES string of the molecule is CCOC(=O)N1CCN(CCCCCCC=C(C)C)CC1. The molecule has 0 bridgehead atoms. The molecule has 0 aromatic heterocycles. The Bertz CT molecular complexity index is 317. The van der Waals surface area contributed by atoms with Crippen molar-refractivity contribution in [1.82, 2.24) is 9.80 Å². The first-order chi connectivity index (χ1) is 10.1. The van der Waals surface area contributed by atoms with Crippen molar-refractivity contribution in [2.75, 3.05) is 39.3 Å². The fraction of sp³-hybridized carbons (Fsp3) is 0.824. The lowest BCUT2D eigenvalue weighted by molar-refractivity contribution is 0.0792. The zero-order chi connectivity index (χ0) is 15.5. The fourth-order valence-corrected chi connectivity index (χ4v) is 2.59. The zero-order valence-electron chi connectivity index (χ0n) is 14.1. The van der Waals surface area contributed by atoms with Crippen molar-refractivity contribution in [3.8, 4) is 0 Å². The van der Waals surface area contributed by atoms with Gasteiger partial charge in [-0.1, -0.05) is 24.5 Å². The molecule has 0 unspecified atom stereocenters. The number of piperazine rings is 1. The predicted octanol–water partition coefficient (Wildman–Crippen LogP) is 3.68. The molecule has 4 heteroatoms. The molecule has 1 saturated heterocycles. The average molecular weight is 296 g/mol. The summed E-state index contributed by atoms with van der Waals surface area (Å²) in [5, 5.41) is 0. The van der Waals surface area contributed by atoms with Crippen molar-refractivity contribution in [1.29, 1.82) is 0 Å². The number of unbranched alkanes of at least 4 members (excludes halogenated alkanes) is 4. The number of hydrogen-bond acceptors (Lipinski definition) is 3. The quantitative estimate of drug-likeness (QED) is 0.506. The first-order valence-corrected chi connectivity index (χ1v) is 8.41. The van der Waals surface area contributed by atoms with E-state index in [4.69, 9.17) is 4.74 Å². The average Bonchev–Trinajstić information content (AvgIpc) is 2.47. The molecule has 0 N–H and O–H groups in total. The third kappa shape index (κ3) is 8.10. The Labute approximate surface area is 130 Å². The highest BCUT2D eigenvalue weighted by atomic mass is 16.6. The van der Waals surface area contributed by atoms with Crippen LogP contribution in [0, 0.1) is 0 Å². The monoisotopic (exact) mass is 296 g/mol. The Hall–Kier alpha value is -1.03. The second-order valence-corrected chi connectivity index (χ2v) is 6.01. The lowest BCUT2D eigenvalue weighted by Crippen LogP contribution is -2.49.